The predicted molar refractivity (Wildman–Crippen MR) is 125 cm³/mol. The van der Waals surface area contributed by atoms with Crippen molar-refractivity contribution in [2.75, 3.05) is 0 Å². The van der Waals surface area contributed by atoms with Crippen LogP contribution >= 0.6 is 0 Å². The lowest BCUT2D eigenvalue weighted by molar-refractivity contribution is -0.0940. The van der Waals surface area contributed by atoms with E-state index in [2.05, 4.69) is 25.7 Å². The highest BCUT2D eigenvalue weighted by Gasteiger charge is 2.55. The zero-order valence-corrected chi connectivity index (χ0v) is 20.0. The summed E-state index contributed by atoms with van der Waals surface area (Å²) < 4.78 is 0. The molecule has 3 rings (SSSR count). The van der Waals surface area contributed by atoms with Crippen LogP contribution in [0, 0.1) is 17.3 Å². The van der Waals surface area contributed by atoms with Crippen molar-refractivity contribution in [1.29, 1.82) is 0 Å². The van der Waals surface area contributed by atoms with Gasteiger partial charge in [-0.25, -0.2) is 0 Å². The largest absolute Gasteiger partial charge is 0.393 e. The summed E-state index contributed by atoms with van der Waals surface area (Å²) in [5.41, 5.74) is 1.90. The molecule has 3 aliphatic rings. The SMILES string of the molecule is C=C1CC[C@H](O)CC1=C/C=C1\CCC[C@@]2(C)[C@H]1CC[C@@H]2[C@@](C)(O)CC(O)CC(C)(C)O. The standard InChI is InChI=1S/C27H44O4/c1-18-8-11-21(28)15-20(18)10-9-19-7-6-14-26(4)23(19)12-13-24(26)27(5,31)17-22(29)16-25(2,3)30/h9-10,21-24,28-31H,1,6-8,11-17H2,2-5H3/b19-9+,20-10?/t21-,22?,23-,24-,26-,27-/m0/s1. The normalized spacial score (nSPS) is 37.7. The van der Waals surface area contributed by atoms with E-state index in [0.29, 0.717) is 18.8 Å². The van der Waals surface area contributed by atoms with Crippen LogP contribution in [0.1, 0.15) is 91.9 Å². The van der Waals surface area contributed by atoms with Crippen LogP contribution in [0.2, 0.25) is 0 Å². The topological polar surface area (TPSA) is 80.9 Å². The summed E-state index contributed by atoms with van der Waals surface area (Å²) in [5, 5.41) is 42.1. The summed E-state index contributed by atoms with van der Waals surface area (Å²) in [6.45, 7) is 11.8. The van der Waals surface area contributed by atoms with E-state index in [-0.39, 0.29) is 23.9 Å². The second kappa shape index (κ2) is 9.13. The monoisotopic (exact) mass is 432 g/mol. The molecule has 4 heteroatoms. The molecule has 0 aromatic rings. The lowest BCUT2D eigenvalue weighted by atomic mass is 9.59. The highest BCUT2D eigenvalue weighted by molar-refractivity contribution is 5.36. The molecule has 3 fully saturated rings. The number of aliphatic hydroxyl groups excluding tert-OH is 2. The summed E-state index contributed by atoms with van der Waals surface area (Å²) >= 11 is 0. The first-order valence-electron chi connectivity index (χ1n) is 12.2. The van der Waals surface area contributed by atoms with Crippen molar-refractivity contribution in [1.82, 2.24) is 0 Å². The number of fused-ring (bicyclic) bond motifs is 1. The van der Waals surface area contributed by atoms with Crippen LogP contribution in [-0.4, -0.2) is 43.8 Å². The molecule has 31 heavy (non-hydrogen) atoms. The third kappa shape index (κ3) is 5.71. The molecule has 0 amide bonds. The Labute approximate surface area is 188 Å². The molecule has 0 aliphatic heterocycles. The average molecular weight is 433 g/mol. The lowest BCUT2D eigenvalue weighted by Gasteiger charge is -2.47. The Bertz CT molecular complexity index is 726. The number of aliphatic hydroxyl groups is 4. The zero-order chi connectivity index (χ0) is 23.0. The molecule has 4 nitrogen and oxygen atoms in total. The molecule has 1 unspecified atom stereocenters. The zero-order valence-electron chi connectivity index (χ0n) is 20.0. The van der Waals surface area contributed by atoms with Gasteiger partial charge in [-0.2, -0.15) is 0 Å². The fourth-order valence-corrected chi connectivity index (χ4v) is 6.92. The molecule has 0 aromatic heterocycles. The van der Waals surface area contributed by atoms with Gasteiger partial charge in [-0.05, 0) is 95.0 Å². The second-order valence-electron chi connectivity index (χ2n) is 11.7. The fourth-order valence-electron chi connectivity index (χ4n) is 6.92. The Morgan fingerprint density at radius 3 is 2.48 bits per heavy atom. The van der Waals surface area contributed by atoms with Crippen molar-refractivity contribution in [3.8, 4) is 0 Å². The first kappa shape index (κ1) is 24.7. The van der Waals surface area contributed by atoms with E-state index in [1.54, 1.807) is 13.8 Å². The van der Waals surface area contributed by atoms with E-state index in [1.165, 1.54) is 11.1 Å². The van der Waals surface area contributed by atoms with Crippen molar-refractivity contribution in [3.05, 3.63) is 35.5 Å². The Hall–Kier alpha value is -0.940. The van der Waals surface area contributed by atoms with Gasteiger partial charge >= 0.3 is 0 Å². The Morgan fingerprint density at radius 2 is 1.81 bits per heavy atom. The Morgan fingerprint density at radius 1 is 1.10 bits per heavy atom. The van der Waals surface area contributed by atoms with Crippen LogP contribution in [0.25, 0.3) is 0 Å². The highest BCUT2D eigenvalue weighted by Crippen LogP contribution is 2.60. The van der Waals surface area contributed by atoms with E-state index in [1.807, 2.05) is 6.92 Å². The van der Waals surface area contributed by atoms with Crippen molar-refractivity contribution in [2.45, 2.75) is 115 Å². The Kier molecular flexibility index (Phi) is 7.27. The summed E-state index contributed by atoms with van der Waals surface area (Å²) in [6, 6.07) is 0. The van der Waals surface area contributed by atoms with Crippen LogP contribution in [0.3, 0.4) is 0 Å². The molecule has 0 saturated heterocycles. The van der Waals surface area contributed by atoms with Crippen molar-refractivity contribution < 1.29 is 20.4 Å². The third-order valence-corrected chi connectivity index (χ3v) is 8.29. The lowest BCUT2D eigenvalue weighted by Crippen LogP contribution is -2.47. The molecule has 0 aromatic carbocycles. The van der Waals surface area contributed by atoms with Crippen LogP contribution in [0.15, 0.2) is 35.5 Å². The van der Waals surface area contributed by atoms with Crippen molar-refractivity contribution >= 4 is 0 Å². The maximum absolute atomic E-state index is 11.5. The molecule has 3 saturated carbocycles. The van der Waals surface area contributed by atoms with Gasteiger partial charge in [0.2, 0.25) is 0 Å². The summed E-state index contributed by atoms with van der Waals surface area (Å²) in [6.07, 6.45) is 11.8. The summed E-state index contributed by atoms with van der Waals surface area (Å²) in [4.78, 5) is 0. The number of allylic oxidation sites excluding steroid dienone is 4. The Balaban J connectivity index is 1.76. The summed E-state index contributed by atoms with van der Waals surface area (Å²) in [7, 11) is 0. The predicted octanol–water partition coefficient (Wildman–Crippen LogP) is 4.82. The maximum Gasteiger partial charge on any atom is 0.0677 e. The van der Waals surface area contributed by atoms with Gasteiger partial charge in [0.15, 0.2) is 0 Å². The molecular weight excluding hydrogens is 388 g/mol. The van der Waals surface area contributed by atoms with Gasteiger partial charge in [0.25, 0.3) is 0 Å². The smallest absolute Gasteiger partial charge is 0.0677 e. The van der Waals surface area contributed by atoms with Gasteiger partial charge in [0, 0.05) is 12.8 Å². The summed E-state index contributed by atoms with van der Waals surface area (Å²) in [5.74, 6) is 0.576. The molecule has 0 heterocycles. The quantitative estimate of drug-likeness (QED) is 0.485. The second-order valence-corrected chi connectivity index (χ2v) is 11.7. The number of hydrogen-bond donors (Lipinski definition) is 4. The first-order valence-corrected chi connectivity index (χ1v) is 12.2. The fraction of sp³-hybridized carbons (Fsp3) is 0.778. The van der Waals surface area contributed by atoms with Gasteiger partial charge in [-0.15, -0.1) is 0 Å². The van der Waals surface area contributed by atoms with Crippen LogP contribution < -0.4 is 0 Å². The van der Waals surface area contributed by atoms with Crippen molar-refractivity contribution in [2.24, 2.45) is 17.3 Å². The van der Waals surface area contributed by atoms with Gasteiger partial charge in [0.05, 0.1) is 23.4 Å². The third-order valence-electron chi connectivity index (χ3n) is 8.29. The molecule has 176 valence electrons. The molecule has 0 spiro atoms. The van der Waals surface area contributed by atoms with Crippen LogP contribution in [0.4, 0.5) is 0 Å². The van der Waals surface area contributed by atoms with Gasteiger partial charge in [-0.1, -0.05) is 36.8 Å². The molecule has 3 aliphatic carbocycles. The molecule has 6 atom stereocenters. The van der Waals surface area contributed by atoms with Gasteiger partial charge in [-0.3, -0.25) is 0 Å². The minimum absolute atomic E-state index is 0.0175. The van der Waals surface area contributed by atoms with E-state index >= 15 is 0 Å². The molecular formula is C27H44O4. The maximum atomic E-state index is 11.5. The van der Waals surface area contributed by atoms with Gasteiger partial charge < -0.3 is 20.4 Å². The molecule has 0 bridgehead atoms. The average Bonchev–Trinajstić information content (AvgIpc) is 2.98. The first-order chi connectivity index (χ1) is 14.3. The van der Waals surface area contributed by atoms with Crippen LogP contribution in [0.5, 0.6) is 0 Å². The molecule has 0 radical (unpaired) electrons. The number of rotatable bonds is 6. The van der Waals surface area contributed by atoms with Crippen molar-refractivity contribution in [3.63, 3.8) is 0 Å². The van der Waals surface area contributed by atoms with E-state index < -0.39 is 17.3 Å². The van der Waals surface area contributed by atoms with Gasteiger partial charge in [0.1, 0.15) is 0 Å². The molecule has 4 N–H and O–H groups in total. The minimum Gasteiger partial charge on any atom is -0.393 e. The van der Waals surface area contributed by atoms with Crippen LogP contribution in [-0.2, 0) is 0 Å². The van der Waals surface area contributed by atoms with E-state index in [0.717, 1.165) is 50.5 Å². The minimum atomic E-state index is -0.961. The van der Waals surface area contributed by atoms with E-state index in [9.17, 15) is 20.4 Å². The number of hydrogen-bond acceptors (Lipinski definition) is 4. The van der Waals surface area contributed by atoms with E-state index in [4.69, 9.17) is 0 Å². The highest BCUT2D eigenvalue weighted by atomic mass is 16.3.